The number of halogens is 1. The fourth-order valence-corrected chi connectivity index (χ4v) is 4.48. The Morgan fingerprint density at radius 3 is 2.71 bits per heavy atom. The van der Waals surface area contributed by atoms with Gasteiger partial charge >= 0.3 is 0 Å². The van der Waals surface area contributed by atoms with E-state index in [0.29, 0.717) is 19.4 Å². The maximum absolute atomic E-state index is 12.6. The van der Waals surface area contributed by atoms with Crippen molar-refractivity contribution in [3.8, 4) is 0 Å². The number of hydrogen-bond acceptors (Lipinski definition) is 4. The van der Waals surface area contributed by atoms with E-state index >= 15 is 0 Å². The Balaban J connectivity index is 2.31. The van der Waals surface area contributed by atoms with Gasteiger partial charge in [-0.3, -0.25) is 4.79 Å². The summed E-state index contributed by atoms with van der Waals surface area (Å²) in [6.45, 7) is 0.751. The van der Waals surface area contributed by atoms with Crippen LogP contribution in [0.15, 0.2) is 23.1 Å². The number of nitrogens with two attached hydrogens (primary N) is 2. The zero-order valence-corrected chi connectivity index (χ0v) is 13.0. The van der Waals surface area contributed by atoms with Crippen molar-refractivity contribution in [2.75, 3.05) is 13.1 Å². The van der Waals surface area contributed by atoms with Gasteiger partial charge in [-0.1, -0.05) is 17.7 Å². The Kier molecular flexibility index (Phi) is 4.88. The van der Waals surface area contributed by atoms with Crippen molar-refractivity contribution in [2.24, 2.45) is 17.4 Å². The van der Waals surface area contributed by atoms with Gasteiger partial charge in [-0.25, -0.2) is 8.42 Å². The molecule has 1 fully saturated rings. The molecule has 2 rings (SSSR count). The summed E-state index contributed by atoms with van der Waals surface area (Å²) in [7, 11) is -3.73. The number of benzene rings is 1. The standard InChI is InChI=1S/C13H18ClN3O3S/c14-11-6-9(7-15)3-4-12(11)21(19,20)17-5-1-2-10(8-17)13(16)18/h3-4,6,10H,1-2,5,7-8,15H2,(H2,16,18). The van der Waals surface area contributed by atoms with E-state index in [1.165, 1.54) is 10.4 Å². The Bertz CT molecular complexity index is 648. The quantitative estimate of drug-likeness (QED) is 0.846. The molecule has 0 aliphatic carbocycles. The van der Waals surface area contributed by atoms with Crippen molar-refractivity contribution < 1.29 is 13.2 Å². The molecule has 1 aromatic rings. The van der Waals surface area contributed by atoms with Crippen LogP contribution < -0.4 is 11.5 Å². The maximum Gasteiger partial charge on any atom is 0.244 e. The van der Waals surface area contributed by atoms with E-state index < -0.39 is 21.8 Å². The second-order valence-corrected chi connectivity index (χ2v) is 7.39. The fraction of sp³-hybridized carbons (Fsp3) is 0.462. The van der Waals surface area contributed by atoms with Gasteiger partial charge < -0.3 is 11.5 Å². The number of nitrogens with zero attached hydrogens (tertiary/aromatic N) is 1. The lowest BCUT2D eigenvalue weighted by molar-refractivity contribution is -0.122. The number of amides is 1. The van der Waals surface area contributed by atoms with Crippen LogP contribution in [0.2, 0.25) is 5.02 Å². The predicted octanol–water partition coefficient (Wildman–Crippen LogP) is 0.685. The van der Waals surface area contributed by atoms with Gasteiger partial charge in [0, 0.05) is 19.6 Å². The van der Waals surface area contributed by atoms with E-state index in [4.69, 9.17) is 23.1 Å². The molecule has 1 atom stereocenters. The first-order valence-corrected chi connectivity index (χ1v) is 8.46. The van der Waals surface area contributed by atoms with E-state index in [1.54, 1.807) is 12.1 Å². The molecule has 0 spiro atoms. The number of carbonyl (C=O) groups excluding carboxylic acids is 1. The predicted molar refractivity (Wildman–Crippen MR) is 80.0 cm³/mol. The number of sulfonamides is 1. The third kappa shape index (κ3) is 3.37. The third-order valence-corrected chi connectivity index (χ3v) is 5.98. The third-order valence-electron chi connectivity index (χ3n) is 3.64. The van der Waals surface area contributed by atoms with E-state index in [1.807, 2.05) is 0 Å². The molecule has 116 valence electrons. The second kappa shape index (κ2) is 6.31. The van der Waals surface area contributed by atoms with E-state index in [0.717, 1.165) is 5.56 Å². The molecule has 0 bridgehead atoms. The Hall–Kier alpha value is -1.15. The molecular weight excluding hydrogens is 314 g/mol. The maximum atomic E-state index is 12.6. The number of carbonyl (C=O) groups is 1. The smallest absolute Gasteiger partial charge is 0.244 e. The Morgan fingerprint density at radius 2 is 2.14 bits per heavy atom. The summed E-state index contributed by atoms with van der Waals surface area (Å²) in [6.07, 6.45) is 1.21. The molecule has 1 heterocycles. The highest BCUT2D eigenvalue weighted by atomic mass is 35.5. The molecule has 1 unspecified atom stereocenters. The largest absolute Gasteiger partial charge is 0.369 e. The molecule has 0 radical (unpaired) electrons. The molecule has 1 amide bonds. The first-order valence-electron chi connectivity index (χ1n) is 6.64. The van der Waals surface area contributed by atoms with E-state index in [9.17, 15) is 13.2 Å². The van der Waals surface area contributed by atoms with Crippen LogP contribution in [0.5, 0.6) is 0 Å². The lowest BCUT2D eigenvalue weighted by atomic mass is 9.99. The number of rotatable bonds is 4. The van der Waals surface area contributed by atoms with Crippen LogP contribution in [-0.2, 0) is 21.4 Å². The van der Waals surface area contributed by atoms with Crippen molar-refractivity contribution in [3.63, 3.8) is 0 Å². The van der Waals surface area contributed by atoms with Crippen LogP contribution >= 0.6 is 11.6 Å². The van der Waals surface area contributed by atoms with Crippen LogP contribution in [0.3, 0.4) is 0 Å². The van der Waals surface area contributed by atoms with Gasteiger partial charge in [0.1, 0.15) is 4.90 Å². The summed E-state index contributed by atoms with van der Waals surface area (Å²) in [5.41, 5.74) is 11.5. The van der Waals surface area contributed by atoms with Crippen LogP contribution in [0.1, 0.15) is 18.4 Å². The molecular formula is C13H18ClN3O3S. The highest BCUT2D eigenvalue weighted by Gasteiger charge is 2.33. The monoisotopic (exact) mass is 331 g/mol. The minimum atomic E-state index is -3.73. The van der Waals surface area contributed by atoms with Crippen molar-refractivity contribution in [3.05, 3.63) is 28.8 Å². The van der Waals surface area contributed by atoms with Gasteiger partial charge in [0.2, 0.25) is 15.9 Å². The zero-order chi connectivity index (χ0) is 15.6. The molecule has 1 aromatic carbocycles. The normalized spacial score (nSPS) is 20.4. The Labute approximate surface area is 129 Å². The van der Waals surface area contributed by atoms with Gasteiger partial charge in [0.25, 0.3) is 0 Å². The average Bonchev–Trinajstić information content (AvgIpc) is 2.46. The van der Waals surface area contributed by atoms with Crippen LogP contribution in [0.4, 0.5) is 0 Å². The SMILES string of the molecule is NCc1ccc(S(=O)(=O)N2CCCC(C(N)=O)C2)c(Cl)c1. The lowest BCUT2D eigenvalue weighted by Gasteiger charge is -2.30. The van der Waals surface area contributed by atoms with Crippen molar-refractivity contribution in [1.82, 2.24) is 4.31 Å². The highest BCUT2D eigenvalue weighted by molar-refractivity contribution is 7.89. The summed E-state index contributed by atoms with van der Waals surface area (Å²) >= 11 is 6.06. The topological polar surface area (TPSA) is 106 Å². The first-order chi connectivity index (χ1) is 9.86. The van der Waals surface area contributed by atoms with E-state index in [-0.39, 0.29) is 23.0 Å². The number of primary amides is 1. The fourth-order valence-electron chi connectivity index (χ4n) is 2.41. The molecule has 1 aliphatic rings. The highest BCUT2D eigenvalue weighted by Crippen LogP contribution is 2.28. The summed E-state index contributed by atoms with van der Waals surface area (Å²) < 4.78 is 26.5. The van der Waals surface area contributed by atoms with Gasteiger partial charge in [-0.2, -0.15) is 4.31 Å². The average molecular weight is 332 g/mol. The molecule has 8 heteroatoms. The van der Waals surface area contributed by atoms with Gasteiger partial charge in [-0.05, 0) is 30.5 Å². The first kappa shape index (κ1) is 16.2. The second-order valence-electron chi connectivity index (χ2n) is 5.07. The Morgan fingerprint density at radius 1 is 1.43 bits per heavy atom. The van der Waals surface area contributed by atoms with Gasteiger partial charge in [0.15, 0.2) is 0 Å². The summed E-state index contributed by atoms with van der Waals surface area (Å²) in [4.78, 5) is 11.3. The lowest BCUT2D eigenvalue weighted by Crippen LogP contribution is -2.44. The van der Waals surface area contributed by atoms with E-state index in [2.05, 4.69) is 0 Å². The molecule has 4 N–H and O–H groups in total. The van der Waals surface area contributed by atoms with Crippen molar-refractivity contribution in [2.45, 2.75) is 24.3 Å². The van der Waals surface area contributed by atoms with Gasteiger partial charge in [0.05, 0.1) is 10.9 Å². The minimum absolute atomic E-state index is 0.0338. The molecule has 1 saturated heterocycles. The molecule has 0 aromatic heterocycles. The molecule has 1 aliphatic heterocycles. The molecule has 21 heavy (non-hydrogen) atoms. The summed E-state index contributed by atoms with van der Waals surface area (Å²) in [6, 6.07) is 4.63. The zero-order valence-electron chi connectivity index (χ0n) is 11.5. The van der Waals surface area contributed by atoms with Crippen LogP contribution in [-0.4, -0.2) is 31.7 Å². The number of hydrogen-bond donors (Lipinski definition) is 2. The van der Waals surface area contributed by atoms with Crippen LogP contribution in [0.25, 0.3) is 0 Å². The van der Waals surface area contributed by atoms with Crippen LogP contribution in [0, 0.1) is 5.92 Å². The summed E-state index contributed by atoms with van der Waals surface area (Å²) in [5.74, 6) is -0.921. The minimum Gasteiger partial charge on any atom is -0.369 e. The number of piperidine rings is 1. The van der Waals surface area contributed by atoms with Gasteiger partial charge in [-0.15, -0.1) is 0 Å². The molecule has 0 saturated carbocycles. The van der Waals surface area contributed by atoms with Crippen molar-refractivity contribution >= 4 is 27.5 Å². The van der Waals surface area contributed by atoms with Crippen molar-refractivity contribution in [1.29, 1.82) is 0 Å². The summed E-state index contributed by atoms with van der Waals surface area (Å²) in [5, 5.41) is 0.138. The molecule has 6 nitrogen and oxygen atoms in total.